The molecule has 122 valence electrons. The minimum Gasteiger partial charge on any atom is -0.467 e. The second-order valence-corrected chi connectivity index (χ2v) is 6.35. The van der Waals surface area contributed by atoms with Crippen LogP contribution in [-0.4, -0.2) is 28.5 Å². The second kappa shape index (κ2) is 6.97. The fraction of sp³-hybridized carbons (Fsp3) is 0.375. The fourth-order valence-electron chi connectivity index (χ4n) is 2.31. The molecule has 1 N–H and O–H groups in total. The van der Waals surface area contributed by atoms with Crippen LogP contribution in [0, 0.1) is 6.92 Å². The van der Waals surface area contributed by atoms with Crippen molar-refractivity contribution < 1.29 is 9.15 Å². The molecular formula is C16H20N4O2S. The first kappa shape index (κ1) is 15.8. The van der Waals surface area contributed by atoms with Gasteiger partial charge in [0.1, 0.15) is 11.5 Å². The number of thiazole rings is 1. The first-order chi connectivity index (χ1) is 11.2. The molecule has 0 saturated heterocycles. The molecule has 3 aromatic rings. The Bertz CT molecular complexity index is 748. The molecule has 0 fully saturated rings. The van der Waals surface area contributed by atoms with Gasteiger partial charge in [-0.2, -0.15) is 5.10 Å². The van der Waals surface area contributed by atoms with Crippen molar-refractivity contribution in [3.05, 3.63) is 42.1 Å². The van der Waals surface area contributed by atoms with Gasteiger partial charge in [-0.15, -0.1) is 0 Å². The zero-order valence-electron chi connectivity index (χ0n) is 13.4. The molecule has 6 nitrogen and oxygen atoms in total. The number of methoxy groups -OCH3 is 1. The van der Waals surface area contributed by atoms with Crippen LogP contribution in [0.2, 0.25) is 0 Å². The smallest absolute Gasteiger partial charge is 0.183 e. The van der Waals surface area contributed by atoms with Crippen LogP contribution in [0.25, 0.3) is 10.6 Å². The molecule has 23 heavy (non-hydrogen) atoms. The van der Waals surface area contributed by atoms with Gasteiger partial charge in [0.15, 0.2) is 5.13 Å². The summed E-state index contributed by atoms with van der Waals surface area (Å²) in [6, 6.07) is 6.04. The maximum Gasteiger partial charge on any atom is 0.183 e. The number of furan rings is 1. The molecule has 0 amide bonds. The molecule has 0 aliphatic carbocycles. The highest BCUT2D eigenvalue weighted by Gasteiger charge is 2.14. The van der Waals surface area contributed by atoms with Crippen LogP contribution >= 0.6 is 11.3 Å². The van der Waals surface area contributed by atoms with Crippen molar-refractivity contribution in [2.45, 2.75) is 26.4 Å². The average Bonchev–Trinajstić information content (AvgIpc) is 3.26. The molecule has 1 atom stereocenters. The number of hydrogen-bond acceptors (Lipinski definition) is 6. The van der Waals surface area contributed by atoms with Crippen LogP contribution in [0.15, 0.2) is 35.1 Å². The van der Waals surface area contributed by atoms with Gasteiger partial charge in [0, 0.05) is 13.3 Å². The summed E-state index contributed by atoms with van der Waals surface area (Å²) in [7, 11) is 1.70. The highest BCUT2D eigenvalue weighted by Crippen LogP contribution is 2.32. The number of aryl methyl sites for hydroxylation is 1. The summed E-state index contributed by atoms with van der Waals surface area (Å²) in [6.45, 7) is 5.34. The van der Waals surface area contributed by atoms with Crippen LogP contribution < -0.4 is 5.32 Å². The van der Waals surface area contributed by atoms with Gasteiger partial charge in [-0.25, -0.2) is 4.98 Å². The molecular weight excluding hydrogens is 312 g/mol. The number of rotatable bonds is 7. The molecule has 0 radical (unpaired) electrons. The van der Waals surface area contributed by atoms with Gasteiger partial charge in [0.2, 0.25) is 0 Å². The SMILES string of the molecule is COC[C@@H](C)n1ccc(-c2sc(NCc3ccco3)nc2C)n1. The van der Waals surface area contributed by atoms with Crippen molar-refractivity contribution in [1.29, 1.82) is 0 Å². The zero-order valence-corrected chi connectivity index (χ0v) is 14.3. The molecule has 3 rings (SSSR count). The third-order valence-electron chi connectivity index (χ3n) is 3.49. The highest BCUT2D eigenvalue weighted by atomic mass is 32.1. The minimum atomic E-state index is 0.207. The summed E-state index contributed by atoms with van der Waals surface area (Å²) < 4.78 is 12.4. The Kier molecular flexibility index (Phi) is 4.78. The lowest BCUT2D eigenvalue weighted by Gasteiger charge is -2.09. The van der Waals surface area contributed by atoms with Crippen molar-refractivity contribution in [2.24, 2.45) is 0 Å². The molecule has 7 heteroatoms. The summed E-state index contributed by atoms with van der Waals surface area (Å²) in [5.74, 6) is 0.886. The van der Waals surface area contributed by atoms with E-state index in [-0.39, 0.29) is 6.04 Å². The van der Waals surface area contributed by atoms with E-state index in [2.05, 4.69) is 22.3 Å². The van der Waals surface area contributed by atoms with Crippen LogP contribution in [-0.2, 0) is 11.3 Å². The van der Waals surface area contributed by atoms with Crippen molar-refractivity contribution in [3.8, 4) is 10.6 Å². The van der Waals surface area contributed by atoms with E-state index in [1.165, 1.54) is 0 Å². The Morgan fingerprint density at radius 2 is 2.30 bits per heavy atom. The van der Waals surface area contributed by atoms with Crippen LogP contribution in [0.5, 0.6) is 0 Å². The number of nitrogens with one attached hydrogen (secondary N) is 1. The lowest BCUT2D eigenvalue weighted by molar-refractivity contribution is 0.157. The molecule has 0 unspecified atom stereocenters. The van der Waals surface area contributed by atoms with Gasteiger partial charge in [-0.3, -0.25) is 4.68 Å². The summed E-state index contributed by atoms with van der Waals surface area (Å²) in [6.07, 6.45) is 3.65. The summed E-state index contributed by atoms with van der Waals surface area (Å²) in [4.78, 5) is 5.65. The Morgan fingerprint density at radius 1 is 1.43 bits per heavy atom. The summed E-state index contributed by atoms with van der Waals surface area (Å²) in [5.41, 5.74) is 1.91. The Labute approximate surface area is 139 Å². The van der Waals surface area contributed by atoms with Crippen molar-refractivity contribution >= 4 is 16.5 Å². The van der Waals surface area contributed by atoms with Gasteiger partial charge in [-0.05, 0) is 32.0 Å². The lowest BCUT2D eigenvalue weighted by Crippen LogP contribution is -2.11. The zero-order chi connectivity index (χ0) is 16.2. The maximum atomic E-state index is 5.32. The number of nitrogens with zero attached hydrogens (tertiary/aromatic N) is 3. The summed E-state index contributed by atoms with van der Waals surface area (Å²) >= 11 is 1.60. The maximum absolute atomic E-state index is 5.32. The monoisotopic (exact) mass is 332 g/mol. The first-order valence-corrected chi connectivity index (χ1v) is 8.27. The standard InChI is InChI=1S/C16H20N4O2S/c1-11(10-21-3)20-7-6-14(19-20)15-12(2)18-16(23-15)17-9-13-5-4-8-22-13/h4-8,11H,9-10H2,1-3H3,(H,17,18)/t11-/m1/s1. The van der Waals surface area contributed by atoms with Gasteiger partial charge in [0.25, 0.3) is 0 Å². The molecule has 0 saturated carbocycles. The topological polar surface area (TPSA) is 65.1 Å². The Hall–Kier alpha value is -2.12. The Morgan fingerprint density at radius 3 is 3.04 bits per heavy atom. The van der Waals surface area contributed by atoms with Crippen molar-refractivity contribution in [3.63, 3.8) is 0 Å². The van der Waals surface area contributed by atoms with E-state index in [4.69, 9.17) is 9.15 Å². The molecule has 0 aliphatic rings. The highest BCUT2D eigenvalue weighted by molar-refractivity contribution is 7.19. The third-order valence-corrected chi connectivity index (χ3v) is 4.63. The molecule has 0 bridgehead atoms. The predicted octanol–water partition coefficient (Wildman–Crippen LogP) is 3.73. The van der Waals surface area contributed by atoms with Gasteiger partial charge in [-0.1, -0.05) is 11.3 Å². The van der Waals surface area contributed by atoms with E-state index in [1.54, 1.807) is 24.7 Å². The number of hydrogen-bond donors (Lipinski definition) is 1. The van der Waals surface area contributed by atoms with Crippen LogP contribution in [0.3, 0.4) is 0 Å². The lowest BCUT2D eigenvalue weighted by atomic mass is 10.3. The van der Waals surface area contributed by atoms with E-state index >= 15 is 0 Å². The van der Waals surface area contributed by atoms with E-state index in [1.807, 2.05) is 36.0 Å². The van der Waals surface area contributed by atoms with Gasteiger partial charge in [0.05, 0.1) is 36.0 Å². The average molecular weight is 332 g/mol. The largest absolute Gasteiger partial charge is 0.467 e. The third kappa shape index (κ3) is 3.62. The van der Waals surface area contributed by atoms with Gasteiger partial charge < -0.3 is 14.5 Å². The normalized spacial score (nSPS) is 12.5. The van der Waals surface area contributed by atoms with E-state index in [0.29, 0.717) is 13.2 Å². The van der Waals surface area contributed by atoms with E-state index in [0.717, 1.165) is 27.2 Å². The van der Waals surface area contributed by atoms with Crippen LogP contribution in [0.1, 0.15) is 24.4 Å². The number of ether oxygens (including phenoxy) is 1. The first-order valence-electron chi connectivity index (χ1n) is 7.45. The summed E-state index contributed by atoms with van der Waals surface area (Å²) in [5, 5.41) is 8.80. The van der Waals surface area contributed by atoms with Gasteiger partial charge >= 0.3 is 0 Å². The molecule has 0 spiro atoms. The molecule has 3 heterocycles. The fourth-order valence-corrected chi connectivity index (χ4v) is 3.23. The molecule has 0 aromatic carbocycles. The Balaban J connectivity index is 1.73. The van der Waals surface area contributed by atoms with E-state index < -0.39 is 0 Å². The van der Waals surface area contributed by atoms with Crippen molar-refractivity contribution in [2.75, 3.05) is 19.0 Å². The van der Waals surface area contributed by atoms with E-state index in [9.17, 15) is 0 Å². The second-order valence-electron chi connectivity index (χ2n) is 5.35. The molecule has 3 aromatic heterocycles. The van der Waals surface area contributed by atoms with Crippen LogP contribution in [0.4, 0.5) is 5.13 Å². The van der Waals surface area contributed by atoms with Crippen molar-refractivity contribution in [1.82, 2.24) is 14.8 Å². The number of aromatic nitrogens is 3. The minimum absolute atomic E-state index is 0.207. The predicted molar refractivity (Wildman–Crippen MR) is 90.7 cm³/mol. The molecule has 0 aliphatic heterocycles. The quantitative estimate of drug-likeness (QED) is 0.714. The number of anilines is 1.